The fraction of sp³-hybridized carbons (Fsp3) is 0.792. The monoisotopic (exact) mass is 542 g/mol. The largest absolute Gasteiger partial charge is 0.472 e. The highest BCUT2D eigenvalue weighted by Gasteiger charge is 2.47. The number of aromatic nitrogens is 2. The summed E-state index contributed by atoms with van der Waals surface area (Å²) >= 11 is 0. The summed E-state index contributed by atoms with van der Waals surface area (Å²) in [4.78, 5) is 22.3. The normalized spacial score (nSPS) is 28.0. The van der Waals surface area contributed by atoms with Crippen molar-refractivity contribution in [2.45, 2.75) is 63.8 Å². The summed E-state index contributed by atoms with van der Waals surface area (Å²) < 4.78 is 64.6. The molecule has 2 bridgehead atoms. The van der Waals surface area contributed by atoms with Gasteiger partial charge in [-0.05, 0) is 39.0 Å². The maximum absolute atomic E-state index is 15.3. The molecule has 1 saturated carbocycles. The minimum atomic E-state index is -3.27. The lowest BCUT2D eigenvalue weighted by Gasteiger charge is -2.46. The van der Waals surface area contributed by atoms with Crippen LogP contribution in [0, 0.1) is 17.7 Å². The molecule has 3 saturated heterocycles. The zero-order valence-corrected chi connectivity index (χ0v) is 22.1. The summed E-state index contributed by atoms with van der Waals surface area (Å²) in [6.07, 6.45) is 3.33. The van der Waals surface area contributed by atoms with E-state index >= 15 is 4.39 Å². The third-order valence-electron chi connectivity index (χ3n) is 7.56. The molecule has 4 heterocycles. The van der Waals surface area contributed by atoms with Crippen LogP contribution >= 0.6 is 0 Å². The van der Waals surface area contributed by atoms with Gasteiger partial charge in [-0.1, -0.05) is 6.92 Å². The first kappa shape index (κ1) is 26.4. The molecular weight excluding hydrogens is 507 g/mol. The predicted octanol–water partition coefficient (Wildman–Crippen LogP) is 2.21. The van der Waals surface area contributed by atoms with Crippen molar-refractivity contribution in [3.63, 3.8) is 0 Å². The van der Waals surface area contributed by atoms with Gasteiger partial charge in [0, 0.05) is 38.0 Å². The van der Waals surface area contributed by atoms with Crippen LogP contribution in [0.1, 0.15) is 46.0 Å². The highest BCUT2D eigenvalue weighted by molar-refractivity contribution is 7.89. The molecule has 0 N–H and O–H groups in total. The molecule has 1 amide bonds. The van der Waals surface area contributed by atoms with E-state index in [4.69, 9.17) is 18.9 Å². The van der Waals surface area contributed by atoms with Gasteiger partial charge in [-0.2, -0.15) is 14.4 Å². The highest BCUT2D eigenvalue weighted by atomic mass is 32.2. The minimum Gasteiger partial charge on any atom is -0.472 e. The fourth-order valence-corrected chi connectivity index (χ4v) is 6.74. The average Bonchev–Trinajstić information content (AvgIpc) is 3.58. The fourth-order valence-electron chi connectivity index (χ4n) is 5.20. The number of hydrogen-bond acceptors (Lipinski definition) is 9. The Balaban J connectivity index is 1.20. The number of halogens is 1. The van der Waals surface area contributed by atoms with Crippen molar-refractivity contribution in [3.8, 4) is 11.8 Å². The predicted molar refractivity (Wildman–Crippen MR) is 129 cm³/mol. The van der Waals surface area contributed by atoms with E-state index in [0.717, 1.165) is 12.8 Å². The number of piperidine rings is 2. The van der Waals surface area contributed by atoms with Crippen LogP contribution in [-0.2, 0) is 19.5 Å². The lowest BCUT2D eigenvalue weighted by Crippen LogP contribution is -2.59. The van der Waals surface area contributed by atoms with E-state index in [0.29, 0.717) is 58.7 Å². The van der Waals surface area contributed by atoms with Crippen molar-refractivity contribution >= 4 is 16.1 Å². The van der Waals surface area contributed by atoms with Crippen molar-refractivity contribution in [1.82, 2.24) is 19.2 Å². The maximum Gasteiger partial charge on any atom is 0.410 e. The molecule has 2 unspecified atom stereocenters. The number of ether oxygens (including phenoxy) is 4. The Morgan fingerprint density at radius 3 is 2.35 bits per heavy atom. The van der Waals surface area contributed by atoms with Crippen LogP contribution in [0.2, 0.25) is 0 Å². The van der Waals surface area contributed by atoms with Gasteiger partial charge in [0.15, 0.2) is 0 Å². The van der Waals surface area contributed by atoms with E-state index in [9.17, 15) is 13.2 Å². The van der Waals surface area contributed by atoms with Crippen molar-refractivity contribution in [2.24, 2.45) is 11.8 Å². The summed E-state index contributed by atoms with van der Waals surface area (Å²) in [6.45, 7) is 5.98. The molecule has 1 aliphatic carbocycles. The molecule has 11 nitrogen and oxygen atoms in total. The first-order valence-corrected chi connectivity index (χ1v) is 14.7. The zero-order valence-electron chi connectivity index (χ0n) is 21.3. The molecule has 3 aliphatic heterocycles. The van der Waals surface area contributed by atoms with E-state index in [1.54, 1.807) is 4.90 Å². The van der Waals surface area contributed by atoms with Gasteiger partial charge in [-0.25, -0.2) is 17.5 Å². The van der Waals surface area contributed by atoms with E-state index in [2.05, 4.69) is 9.97 Å². The Hall–Kier alpha value is -2.25. The molecule has 206 valence electrons. The molecule has 4 fully saturated rings. The number of likely N-dealkylation sites (tertiary alicyclic amines) is 1. The molecule has 1 aromatic heterocycles. The van der Waals surface area contributed by atoms with Gasteiger partial charge in [0.05, 0.1) is 19.0 Å². The quantitative estimate of drug-likeness (QED) is 0.487. The molecule has 0 aromatic carbocycles. The number of rotatable bonds is 8. The molecule has 5 rings (SSSR count). The second kappa shape index (κ2) is 10.5. The highest BCUT2D eigenvalue weighted by Crippen LogP contribution is 2.40. The van der Waals surface area contributed by atoms with Crippen molar-refractivity contribution < 1.29 is 36.6 Å². The number of amides is 1. The van der Waals surface area contributed by atoms with E-state index < -0.39 is 15.8 Å². The van der Waals surface area contributed by atoms with Crippen LogP contribution in [0.5, 0.6) is 11.8 Å². The van der Waals surface area contributed by atoms with Gasteiger partial charge in [0.25, 0.3) is 11.8 Å². The Morgan fingerprint density at radius 1 is 1.14 bits per heavy atom. The average molecular weight is 543 g/mol. The summed E-state index contributed by atoms with van der Waals surface area (Å²) in [5, 5.41) is 0. The first-order valence-electron chi connectivity index (χ1n) is 13.0. The Bertz CT molecular complexity index is 1080. The SMILES string of the molecule is CCCS(=O)(=O)N1CCC(Oc2ncnc(OC3C4COCC3CN(C(=O)OC3(C)CC3)C4)c2F)CC1. The second-order valence-corrected chi connectivity index (χ2v) is 12.8. The van der Waals surface area contributed by atoms with Gasteiger partial charge in [-0.3, -0.25) is 0 Å². The van der Waals surface area contributed by atoms with Crippen molar-refractivity contribution in [2.75, 3.05) is 45.1 Å². The Labute approximate surface area is 216 Å². The second-order valence-electron chi connectivity index (χ2n) is 10.7. The third-order valence-corrected chi connectivity index (χ3v) is 9.63. The lowest BCUT2D eigenvalue weighted by molar-refractivity contribution is -0.112. The van der Waals surface area contributed by atoms with Gasteiger partial charge in [0.1, 0.15) is 24.1 Å². The van der Waals surface area contributed by atoms with Crippen LogP contribution in [0.4, 0.5) is 9.18 Å². The summed E-state index contributed by atoms with van der Waals surface area (Å²) in [5.41, 5.74) is -0.350. The van der Waals surface area contributed by atoms with Crippen LogP contribution in [0.3, 0.4) is 0 Å². The number of nitrogens with zero attached hydrogens (tertiary/aromatic N) is 4. The van der Waals surface area contributed by atoms with Gasteiger partial charge >= 0.3 is 6.09 Å². The molecule has 13 heteroatoms. The van der Waals surface area contributed by atoms with Crippen LogP contribution in [0.25, 0.3) is 0 Å². The van der Waals surface area contributed by atoms with Gasteiger partial charge < -0.3 is 23.8 Å². The van der Waals surface area contributed by atoms with Crippen LogP contribution < -0.4 is 9.47 Å². The molecule has 2 atom stereocenters. The smallest absolute Gasteiger partial charge is 0.410 e. The van der Waals surface area contributed by atoms with E-state index in [1.165, 1.54) is 10.6 Å². The summed E-state index contributed by atoms with van der Waals surface area (Å²) in [5.74, 6) is -1.38. The number of sulfonamides is 1. The van der Waals surface area contributed by atoms with E-state index in [1.807, 2.05) is 13.8 Å². The summed E-state index contributed by atoms with van der Waals surface area (Å²) in [6, 6.07) is 0. The Morgan fingerprint density at radius 2 is 1.76 bits per heavy atom. The number of carbonyl (C=O) groups excluding carboxylic acids is 1. The molecule has 0 radical (unpaired) electrons. The molecule has 1 aromatic rings. The maximum atomic E-state index is 15.3. The number of hydrogen-bond donors (Lipinski definition) is 0. The topological polar surface area (TPSA) is 120 Å². The lowest BCUT2D eigenvalue weighted by atomic mass is 9.84. The minimum absolute atomic E-state index is 0.117. The van der Waals surface area contributed by atoms with Crippen LogP contribution in [-0.4, -0.2) is 96.6 Å². The molecule has 0 spiro atoms. The zero-order chi connectivity index (χ0) is 26.2. The number of fused-ring (bicyclic) bond motifs is 2. The standard InChI is InChI=1S/C24H35FN4O7S/c1-3-10-37(31,32)29-8-4-18(5-9-29)34-21-19(25)22(27-15-26-21)35-20-16-11-28(12-17(20)14-33-13-16)23(30)36-24(2)6-7-24/h15-18,20H,3-14H2,1-2H3. The van der Waals surface area contributed by atoms with Gasteiger partial charge in [-0.15, -0.1) is 0 Å². The molecule has 37 heavy (non-hydrogen) atoms. The van der Waals surface area contributed by atoms with E-state index in [-0.39, 0.29) is 53.3 Å². The third kappa shape index (κ3) is 5.93. The first-order chi connectivity index (χ1) is 17.7. The number of carbonyl (C=O) groups is 1. The molecular formula is C24H35FN4O7S. The summed E-state index contributed by atoms with van der Waals surface area (Å²) in [7, 11) is -3.27. The molecule has 4 aliphatic rings. The van der Waals surface area contributed by atoms with Crippen molar-refractivity contribution in [1.29, 1.82) is 0 Å². The van der Waals surface area contributed by atoms with Gasteiger partial charge in [0.2, 0.25) is 15.8 Å². The van der Waals surface area contributed by atoms with Crippen molar-refractivity contribution in [3.05, 3.63) is 12.1 Å². The van der Waals surface area contributed by atoms with Crippen LogP contribution in [0.15, 0.2) is 6.33 Å². The Kier molecular flexibility index (Phi) is 7.47.